The van der Waals surface area contributed by atoms with Gasteiger partial charge >= 0.3 is 5.97 Å². The minimum Gasteiger partial charge on any atom is -0.465 e. The number of nitriles is 1. The molecule has 0 atom stereocenters. The normalized spacial score (nSPS) is 9.91. The quantitative estimate of drug-likeness (QED) is 0.687. The van der Waals surface area contributed by atoms with Gasteiger partial charge in [-0.2, -0.15) is 5.26 Å². The zero-order chi connectivity index (χ0) is 16.3. The molecule has 2 rings (SSSR count). The molecule has 0 aliphatic rings. The van der Waals surface area contributed by atoms with Crippen molar-refractivity contribution in [3.8, 4) is 6.07 Å². The second kappa shape index (κ2) is 6.56. The van der Waals surface area contributed by atoms with Crippen LogP contribution < -0.4 is 5.32 Å². The minimum atomic E-state index is -0.557. The van der Waals surface area contributed by atoms with E-state index >= 15 is 0 Å². The highest BCUT2D eigenvalue weighted by Gasteiger charge is 2.22. The first-order valence-corrected chi connectivity index (χ1v) is 7.22. The molecule has 1 amide bonds. The second-order valence-corrected chi connectivity index (χ2v) is 5.54. The summed E-state index contributed by atoms with van der Waals surface area (Å²) in [7, 11) is 1.25. The molecule has 0 fully saturated rings. The van der Waals surface area contributed by atoms with Crippen molar-refractivity contribution in [3.05, 3.63) is 45.1 Å². The topological polar surface area (TPSA) is 92.1 Å². The van der Waals surface area contributed by atoms with Crippen LogP contribution >= 0.6 is 22.9 Å². The number of hydrogen-bond acceptors (Lipinski definition) is 6. The molecule has 0 radical (unpaired) electrons. The number of esters is 1. The largest absolute Gasteiger partial charge is 0.465 e. The summed E-state index contributed by atoms with van der Waals surface area (Å²) in [5, 5.41) is 12.1. The third kappa shape index (κ3) is 2.93. The molecule has 112 valence electrons. The maximum Gasteiger partial charge on any atom is 0.348 e. The van der Waals surface area contributed by atoms with Gasteiger partial charge in [0, 0.05) is 6.20 Å². The number of aromatic nitrogens is 1. The van der Waals surface area contributed by atoms with E-state index in [0.29, 0.717) is 5.56 Å². The Labute approximate surface area is 135 Å². The summed E-state index contributed by atoms with van der Waals surface area (Å²) in [4.78, 5) is 28.0. The number of nitrogens with one attached hydrogen (secondary N) is 1. The van der Waals surface area contributed by atoms with E-state index < -0.39 is 11.9 Å². The average molecular weight is 336 g/mol. The Balaban J connectivity index is 2.38. The highest BCUT2D eigenvalue weighted by molar-refractivity contribution is 7.18. The minimum absolute atomic E-state index is 0.0555. The van der Waals surface area contributed by atoms with Crippen LogP contribution in [0.2, 0.25) is 5.15 Å². The highest BCUT2D eigenvalue weighted by atomic mass is 35.5. The number of rotatable bonds is 3. The van der Waals surface area contributed by atoms with E-state index in [9.17, 15) is 14.9 Å². The number of methoxy groups -OCH3 is 1. The van der Waals surface area contributed by atoms with Crippen molar-refractivity contribution in [3.63, 3.8) is 0 Å². The maximum absolute atomic E-state index is 12.2. The van der Waals surface area contributed by atoms with Crippen LogP contribution in [0, 0.1) is 18.3 Å². The Bertz CT molecular complexity index is 795. The molecular formula is C14H10ClN3O3S. The van der Waals surface area contributed by atoms with E-state index in [-0.39, 0.29) is 26.2 Å². The molecule has 0 aliphatic carbocycles. The molecule has 0 aromatic carbocycles. The maximum atomic E-state index is 12.2. The van der Waals surface area contributed by atoms with E-state index in [1.807, 2.05) is 6.07 Å². The zero-order valence-corrected chi connectivity index (χ0v) is 13.2. The van der Waals surface area contributed by atoms with Gasteiger partial charge in [-0.25, -0.2) is 9.78 Å². The Morgan fingerprint density at radius 1 is 1.50 bits per heavy atom. The Kier molecular flexibility index (Phi) is 4.75. The predicted molar refractivity (Wildman–Crippen MR) is 82.3 cm³/mol. The van der Waals surface area contributed by atoms with Gasteiger partial charge in [-0.05, 0) is 24.6 Å². The van der Waals surface area contributed by atoms with Crippen LogP contribution in [0.1, 0.15) is 31.2 Å². The molecule has 0 unspecified atom stereocenters. The lowest BCUT2D eigenvalue weighted by Gasteiger charge is -2.04. The first kappa shape index (κ1) is 15.9. The lowest BCUT2D eigenvalue weighted by atomic mass is 10.1. The third-order valence-corrected chi connectivity index (χ3v) is 4.35. The number of nitrogens with zero attached hydrogens (tertiary/aromatic N) is 2. The van der Waals surface area contributed by atoms with Gasteiger partial charge in [0.05, 0.1) is 18.2 Å². The van der Waals surface area contributed by atoms with Crippen LogP contribution in [0.25, 0.3) is 0 Å². The van der Waals surface area contributed by atoms with Crippen molar-refractivity contribution in [2.75, 3.05) is 12.4 Å². The lowest BCUT2D eigenvalue weighted by molar-refractivity contribution is 0.0605. The number of ether oxygens (including phenoxy) is 1. The number of thiophene rings is 1. The molecular weight excluding hydrogens is 326 g/mol. The summed E-state index contributed by atoms with van der Waals surface area (Å²) in [6, 6.07) is 5.06. The fraction of sp³-hybridized carbons (Fsp3) is 0.143. The zero-order valence-electron chi connectivity index (χ0n) is 11.6. The van der Waals surface area contributed by atoms with Gasteiger partial charge in [0.1, 0.15) is 21.1 Å². The van der Waals surface area contributed by atoms with Gasteiger partial charge in [-0.3, -0.25) is 4.79 Å². The molecule has 6 nitrogen and oxygen atoms in total. The van der Waals surface area contributed by atoms with Crippen LogP contribution in [0.3, 0.4) is 0 Å². The first-order valence-electron chi connectivity index (χ1n) is 6.03. The van der Waals surface area contributed by atoms with Crippen LogP contribution in [-0.2, 0) is 4.74 Å². The molecule has 2 heterocycles. The average Bonchev–Trinajstić information content (AvgIpc) is 2.82. The van der Waals surface area contributed by atoms with Crippen molar-refractivity contribution >= 4 is 39.8 Å². The van der Waals surface area contributed by atoms with Gasteiger partial charge in [0.15, 0.2) is 0 Å². The van der Waals surface area contributed by atoms with E-state index in [4.69, 9.17) is 11.6 Å². The molecule has 1 N–H and O–H groups in total. The van der Waals surface area contributed by atoms with Crippen molar-refractivity contribution in [1.29, 1.82) is 5.26 Å². The van der Waals surface area contributed by atoms with E-state index in [1.165, 1.54) is 19.4 Å². The molecule has 2 aromatic heterocycles. The Hall–Kier alpha value is -2.43. The van der Waals surface area contributed by atoms with Gasteiger partial charge < -0.3 is 10.1 Å². The van der Waals surface area contributed by atoms with Gasteiger partial charge in [-0.1, -0.05) is 11.6 Å². The summed E-state index contributed by atoms with van der Waals surface area (Å²) in [5.41, 5.74) is 0.865. The van der Waals surface area contributed by atoms with Crippen molar-refractivity contribution < 1.29 is 14.3 Å². The first-order chi connectivity index (χ1) is 10.5. The number of carbonyl (C=O) groups is 2. The molecule has 22 heavy (non-hydrogen) atoms. The van der Waals surface area contributed by atoms with Gasteiger partial charge in [0.25, 0.3) is 5.91 Å². The van der Waals surface area contributed by atoms with Gasteiger partial charge in [0.2, 0.25) is 0 Å². The van der Waals surface area contributed by atoms with Crippen molar-refractivity contribution in [1.82, 2.24) is 4.98 Å². The Morgan fingerprint density at radius 2 is 2.23 bits per heavy atom. The molecule has 0 bridgehead atoms. The number of halogens is 1. The summed E-state index contributed by atoms with van der Waals surface area (Å²) >= 11 is 6.84. The molecule has 0 spiro atoms. The van der Waals surface area contributed by atoms with Crippen LogP contribution in [0.5, 0.6) is 0 Å². The monoisotopic (exact) mass is 335 g/mol. The summed E-state index contributed by atoms with van der Waals surface area (Å²) in [6.07, 6.45) is 1.46. The van der Waals surface area contributed by atoms with Gasteiger partial charge in [-0.15, -0.1) is 11.3 Å². The Morgan fingerprint density at radius 3 is 2.82 bits per heavy atom. The number of hydrogen-bond donors (Lipinski definition) is 1. The van der Waals surface area contributed by atoms with E-state index in [1.54, 1.807) is 13.0 Å². The van der Waals surface area contributed by atoms with E-state index in [0.717, 1.165) is 11.3 Å². The summed E-state index contributed by atoms with van der Waals surface area (Å²) < 4.78 is 4.66. The summed E-state index contributed by atoms with van der Waals surface area (Å²) in [6.45, 7) is 1.62. The fourth-order valence-electron chi connectivity index (χ4n) is 1.75. The predicted octanol–water partition coefficient (Wildman–Crippen LogP) is 3.02. The van der Waals surface area contributed by atoms with Crippen molar-refractivity contribution in [2.45, 2.75) is 6.92 Å². The van der Waals surface area contributed by atoms with E-state index in [2.05, 4.69) is 15.0 Å². The number of carbonyl (C=O) groups excluding carboxylic acids is 2. The molecule has 0 saturated carbocycles. The van der Waals surface area contributed by atoms with Crippen molar-refractivity contribution in [2.24, 2.45) is 0 Å². The highest BCUT2D eigenvalue weighted by Crippen LogP contribution is 2.33. The number of amides is 1. The molecule has 0 aliphatic heterocycles. The van der Waals surface area contributed by atoms with Crippen LogP contribution in [0.15, 0.2) is 18.3 Å². The molecule has 2 aromatic rings. The number of pyridine rings is 1. The fourth-order valence-corrected chi connectivity index (χ4v) is 3.03. The lowest BCUT2D eigenvalue weighted by Crippen LogP contribution is -2.12. The number of anilines is 1. The third-order valence-electron chi connectivity index (χ3n) is 2.86. The van der Waals surface area contributed by atoms with Crippen LogP contribution in [-0.4, -0.2) is 24.0 Å². The van der Waals surface area contributed by atoms with Crippen LogP contribution in [0.4, 0.5) is 5.00 Å². The summed E-state index contributed by atoms with van der Waals surface area (Å²) in [5.74, 6) is -1.06. The smallest absolute Gasteiger partial charge is 0.348 e. The SMILES string of the molecule is COC(=O)c1sc(NC(=O)c2cccnc2Cl)c(C#N)c1C. The second-order valence-electron chi connectivity index (χ2n) is 4.16. The molecule has 0 saturated heterocycles. The molecule has 8 heteroatoms. The standard InChI is InChI=1S/C14H10ClN3O3S/c1-7-9(6-16)13(22-10(7)14(20)21-2)18-12(19)8-4-3-5-17-11(8)15/h3-5H,1-2H3,(H,18,19).